The molecule has 0 radical (unpaired) electrons. The first-order chi connectivity index (χ1) is 31.5. The van der Waals surface area contributed by atoms with Gasteiger partial charge in [-0.1, -0.05) is 153 Å². The fourth-order valence-corrected chi connectivity index (χ4v) is 7.76. The summed E-state index contributed by atoms with van der Waals surface area (Å²) < 4.78 is 33.5. The fraction of sp³-hybridized carbons (Fsp3) is 0.840. The smallest absolute Gasteiger partial charge is 0.306 e. The normalized spacial score (nSPS) is 26.7. The van der Waals surface area contributed by atoms with Crippen molar-refractivity contribution in [3.05, 3.63) is 36.5 Å². The summed E-state index contributed by atoms with van der Waals surface area (Å²) in [7, 11) is 0. The Morgan fingerprint density at radius 3 is 1.52 bits per heavy atom. The topological polar surface area (TPSA) is 231 Å². The highest BCUT2D eigenvalue weighted by Gasteiger charge is 2.47. The molecular formula is C50H88O15. The summed E-state index contributed by atoms with van der Waals surface area (Å²) in [5.74, 6) is -0.941. The van der Waals surface area contributed by atoms with Crippen molar-refractivity contribution in [1.29, 1.82) is 0 Å². The molecule has 2 saturated heterocycles. The molecule has 15 nitrogen and oxygen atoms in total. The van der Waals surface area contributed by atoms with Gasteiger partial charge >= 0.3 is 11.9 Å². The minimum atomic E-state index is -1.77. The molecule has 0 spiro atoms. The van der Waals surface area contributed by atoms with Gasteiger partial charge in [0.05, 0.1) is 19.8 Å². The van der Waals surface area contributed by atoms with Crippen molar-refractivity contribution in [2.75, 3.05) is 26.4 Å². The minimum Gasteiger partial charge on any atom is -0.462 e. The highest BCUT2D eigenvalue weighted by Crippen LogP contribution is 2.26. The summed E-state index contributed by atoms with van der Waals surface area (Å²) in [5, 5.41) is 72.0. The summed E-state index contributed by atoms with van der Waals surface area (Å²) in [5.41, 5.74) is 0. The van der Waals surface area contributed by atoms with Gasteiger partial charge < -0.3 is 64.2 Å². The summed E-state index contributed by atoms with van der Waals surface area (Å²) >= 11 is 0. The van der Waals surface area contributed by atoms with Crippen LogP contribution in [0.2, 0.25) is 0 Å². The molecule has 2 fully saturated rings. The number of aliphatic hydroxyl groups excluding tert-OH is 7. The third-order valence-electron chi connectivity index (χ3n) is 11.9. The van der Waals surface area contributed by atoms with Crippen LogP contribution in [0.1, 0.15) is 174 Å². The first-order valence-corrected chi connectivity index (χ1v) is 25.1. The second kappa shape index (κ2) is 37.7. The Hall–Kier alpha value is -2.28. The van der Waals surface area contributed by atoms with Gasteiger partial charge in [0.2, 0.25) is 0 Å². The van der Waals surface area contributed by atoms with E-state index in [1.165, 1.54) is 64.2 Å². The van der Waals surface area contributed by atoms with Crippen LogP contribution in [0.3, 0.4) is 0 Å². The molecule has 378 valence electrons. The highest BCUT2D eigenvalue weighted by atomic mass is 16.7. The maximum Gasteiger partial charge on any atom is 0.306 e. The molecule has 2 aliphatic rings. The van der Waals surface area contributed by atoms with E-state index in [2.05, 4.69) is 50.3 Å². The minimum absolute atomic E-state index is 0.164. The van der Waals surface area contributed by atoms with Crippen molar-refractivity contribution in [3.8, 4) is 0 Å². The third kappa shape index (κ3) is 26.2. The Morgan fingerprint density at radius 1 is 0.508 bits per heavy atom. The Morgan fingerprint density at radius 2 is 0.969 bits per heavy atom. The van der Waals surface area contributed by atoms with E-state index in [9.17, 15) is 45.3 Å². The third-order valence-corrected chi connectivity index (χ3v) is 11.9. The van der Waals surface area contributed by atoms with Gasteiger partial charge in [0, 0.05) is 12.8 Å². The van der Waals surface area contributed by atoms with E-state index in [1.807, 2.05) is 0 Å². The number of unbranched alkanes of at least 4 members (excludes halogenated alkanes) is 18. The van der Waals surface area contributed by atoms with Crippen molar-refractivity contribution in [1.82, 2.24) is 0 Å². The first-order valence-electron chi connectivity index (χ1n) is 25.1. The van der Waals surface area contributed by atoms with Crippen LogP contribution in [-0.2, 0) is 38.0 Å². The summed E-state index contributed by atoms with van der Waals surface area (Å²) in [6.07, 6.45) is 21.7. The van der Waals surface area contributed by atoms with Crippen molar-refractivity contribution in [2.24, 2.45) is 0 Å². The number of ether oxygens (including phenoxy) is 6. The van der Waals surface area contributed by atoms with Crippen molar-refractivity contribution in [2.45, 2.75) is 242 Å². The lowest BCUT2D eigenvalue weighted by Crippen LogP contribution is -2.61. The molecule has 11 atom stereocenters. The van der Waals surface area contributed by atoms with Crippen molar-refractivity contribution in [3.63, 3.8) is 0 Å². The van der Waals surface area contributed by atoms with Crippen LogP contribution in [-0.4, -0.2) is 142 Å². The van der Waals surface area contributed by atoms with Crippen LogP contribution in [0.15, 0.2) is 36.5 Å². The molecule has 7 N–H and O–H groups in total. The Balaban J connectivity index is 1.83. The van der Waals surface area contributed by atoms with Gasteiger partial charge in [0.1, 0.15) is 55.4 Å². The van der Waals surface area contributed by atoms with E-state index < -0.39 is 92.7 Å². The van der Waals surface area contributed by atoms with Crippen molar-refractivity contribution >= 4 is 11.9 Å². The zero-order valence-electron chi connectivity index (χ0n) is 39.7. The molecule has 2 rings (SSSR count). The van der Waals surface area contributed by atoms with E-state index in [0.717, 1.165) is 70.6 Å². The zero-order chi connectivity index (χ0) is 47.5. The number of carbonyl (C=O) groups excluding carboxylic acids is 2. The van der Waals surface area contributed by atoms with E-state index in [-0.39, 0.29) is 26.1 Å². The van der Waals surface area contributed by atoms with Crippen LogP contribution in [0.25, 0.3) is 0 Å². The summed E-state index contributed by atoms with van der Waals surface area (Å²) in [6.45, 7) is 2.46. The molecule has 0 bridgehead atoms. The van der Waals surface area contributed by atoms with Gasteiger partial charge in [0.15, 0.2) is 18.7 Å². The monoisotopic (exact) mass is 929 g/mol. The van der Waals surface area contributed by atoms with Gasteiger partial charge in [-0.25, -0.2) is 0 Å². The average molecular weight is 929 g/mol. The van der Waals surface area contributed by atoms with E-state index in [1.54, 1.807) is 0 Å². The van der Waals surface area contributed by atoms with Crippen LogP contribution in [0, 0.1) is 0 Å². The van der Waals surface area contributed by atoms with Gasteiger partial charge in [-0.2, -0.15) is 0 Å². The molecule has 0 aromatic heterocycles. The maximum absolute atomic E-state index is 13.0. The van der Waals surface area contributed by atoms with E-state index >= 15 is 0 Å². The molecule has 15 heteroatoms. The quantitative estimate of drug-likeness (QED) is 0.0198. The maximum atomic E-state index is 13.0. The zero-order valence-corrected chi connectivity index (χ0v) is 39.7. The lowest BCUT2D eigenvalue weighted by Gasteiger charge is -2.42. The lowest BCUT2D eigenvalue weighted by atomic mass is 9.98. The molecule has 0 amide bonds. The molecular weight excluding hydrogens is 841 g/mol. The number of aliphatic hydroxyl groups is 7. The van der Waals surface area contributed by atoms with Crippen LogP contribution >= 0.6 is 0 Å². The Bertz CT molecular complexity index is 1280. The summed E-state index contributed by atoms with van der Waals surface area (Å²) in [4.78, 5) is 25.7. The van der Waals surface area contributed by atoms with Gasteiger partial charge in [-0.05, 0) is 44.9 Å². The van der Waals surface area contributed by atoms with Gasteiger partial charge in [0.25, 0.3) is 0 Å². The second-order valence-corrected chi connectivity index (χ2v) is 17.6. The number of rotatable bonds is 38. The molecule has 0 aliphatic carbocycles. The second-order valence-electron chi connectivity index (χ2n) is 17.6. The van der Waals surface area contributed by atoms with Crippen LogP contribution in [0.4, 0.5) is 0 Å². The predicted molar refractivity (Wildman–Crippen MR) is 247 cm³/mol. The molecule has 65 heavy (non-hydrogen) atoms. The molecule has 4 unspecified atom stereocenters. The number of allylic oxidation sites excluding steroid dienone is 6. The van der Waals surface area contributed by atoms with Gasteiger partial charge in [-0.3, -0.25) is 9.59 Å². The fourth-order valence-electron chi connectivity index (χ4n) is 7.76. The van der Waals surface area contributed by atoms with Gasteiger partial charge in [-0.15, -0.1) is 0 Å². The van der Waals surface area contributed by atoms with E-state index in [0.29, 0.717) is 12.8 Å². The SMILES string of the molecule is CC/C=C/C/C=C/C/C=C/CCCCCCCC(=O)OC[C@H](CO[C@@H]1O[C@H](CO[C@@H]2O[C@H](CO)[C@H](O)C(O)C2O)[C@H](O)C(O)C1O)OC(=O)CCCCCCCCCCCCCCCC. The average Bonchev–Trinajstić information content (AvgIpc) is 3.30. The number of hydrogen-bond acceptors (Lipinski definition) is 15. The lowest BCUT2D eigenvalue weighted by molar-refractivity contribution is -0.332. The van der Waals surface area contributed by atoms with E-state index in [4.69, 9.17) is 28.4 Å². The van der Waals surface area contributed by atoms with Crippen LogP contribution < -0.4 is 0 Å². The highest BCUT2D eigenvalue weighted by molar-refractivity contribution is 5.70. The molecule has 2 aliphatic heterocycles. The predicted octanol–water partition coefficient (Wildman–Crippen LogP) is 6.54. The Kier molecular flexibility index (Phi) is 34.1. The number of esters is 2. The number of carbonyl (C=O) groups is 2. The first kappa shape index (κ1) is 58.8. The number of hydrogen-bond donors (Lipinski definition) is 7. The molecule has 0 aromatic rings. The largest absolute Gasteiger partial charge is 0.462 e. The summed E-state index contributed by atoms with van der Waals surface area (Å²) in [6, 6.07) is 0. The molecule has 2 heterocycles. The molecule has 0 aromatic carbocycles. The van der Waals surface area contributed by atoms with Crippen LogP contribution in [0.5, 0.6) is 0 Å². The molecule has 0 saturated carbocycles. The standard InChI is InChI=1S/C50H88O15/c1-3-5-7-9-11-13-15-17-19-21-22-24-26-28-30-32-41(52)60-35-38(63-42(53)33-31-29-27-25-23-20-18-16-14-12-10-8-6-4-2)36-61-49-48(59)46(57)44(55)40(65-49)37-62-50-47(58)45(56)43(54)39(34-51)64-50/h5,7,11,13,17,19,38-40,43-51,54-59H,3-4,6,8-10,12,14-16,18,20-37H2,1-2H3/b7-5+,13-11+,19-17+/t38-,39-,40-,43+,44+,45?,46?,47?,48?,49-,50-/m1/s1. The Labute approximate surface area is 389 Å². The van der Waals surface area contributed by atoms with Crippen molar-refractivity contribution < 1.29 is 73.8 Å².